The molecule has 1 saturated heterocycles. The van der Waals surface area contributed by atoms with Crippen molar-refractivity contribution in [2.45, 2.75) is 50.4 Å². The third-order valence-electron chi connectivity index (χ3n) is 5.91. The van der Waals surface area contributed by atoms with Crippen LogP contribution in [0, 0.1) is 0 Å². The van der Waals surface area contributed by atoms with Gasteiger partial charge in [-0.15, -0.1) is 0 Å². The molecule has 176 valence electrons. The SMILES string of the molecule is COC(=O)[C@H](CC1=CCC(N)(O)C=C1)N(C(=O)c1ccccc1)C(=O)[C@@H]1CCCN1C(C)=O. The molecule has 0 saturated carbocycles. The van der Waals surface area contributed by atoms with E-state index in [-0.39, 0.29) is 24.3 Å². The number of hydrogen-bond acceptors (Lipinski definition) is 7. The number of nitrogens with zero attached hydrogens (tertiary/aromatic N) is 2. The highest BCUT2D eigenvalue weighted by Crippen LogP contribution is 2.26. The number of imide groups is 1. The summed E-state index contributed by atoms with van der Waals surface area (Å²) in [5.74, 6) is -2.31. The van der Waals surface area contributed by atoms with Crippen molar-refractivity contribution in [2.24, 2.45) is 5.73 Å². The van der Waals surface area contributed by atoms with Crippen LogP contribution in [0.15, 0.2) is 54.1 Å². The maximum absolute atomic E-state index is 13.7. The minimum absolute atomic E-state index is 0.0175. The van der Waals surface area contributed by atoms with Crippen LogP contribution in [0.1, 0.15) is 43.0 Å². The van der Waals surface area contributed by atoms with E-state index in [2.05, 4.69) is 0 Å². The molecule has 1 aliphatic heterocycles. The molecule has 9 nitrogen and oxygen atoms in total. The summed E-state index contributed by atoms with van der Waals surface area (Å²) in [6.07, 6.45) is 5.74. The first-order valence-corrected chi connectivity index (χ1v) is 10.8. The molecule has 3 N–H and O–H groups in total. The first-order chi connectivity index (χ1) is 15.6. The van der Waals surface area contributed by atoms with Gasteiger partial charge in [-0.25, -0.2) is 4.79 Å². The second-order valence-corrected chi connectivity index (χ2v) is 8.30. The fourth-order valence-corrected chi connectivity index (χ4v) is 4.15. The van der Waals surface area contributed by atoms with Gasteiger partial charge in [0.15, 0.2) is 0 Å². The number of amides is 3. The summed E-state index contributed by atoms with van der Waals surface area (Å²) in [5, 5.41) is 9.94. The van der Waals surface area contributed by atoms with Crippen LogP contribution in [0.2, 0.25) is 0 Å². The normalized spacial score (nSPS) is 23.0. The van der Waals surface area contributed by atoms with Crippen LogP contribution < -0.4 is 5.73 Å². The predicted octanol–water partition coefficient (Wildman–Crippen LogP) is 1.13. The summed E-state index contributed by atoms with van der Waals surface area (Å²) in [6, 6.07) is 6.08. The van der Waals surface area contributed by atoms with Crippen molar-refractivity contribution in [1.82, 2.24) is 9.80 Å². The molecule has 0 spiro atoms. The summed E-state index contributed by atoms with van der Waals surface area (Å²) < 4.78 is 4.96. The Kier molecular flexibility index (Phi) is 7.45. The predicted molar refractivity (Wildman–Crippen MR) is 119 cm³/mol. The molecule has 1 heterocycles. The summed E-state index contributed by atoms with van der Waals surface area (Å²) >= 11 is 0. The standard InChI is InChI=1S/C24H29N3O6/c1-16(28)26-14-6-9-19(26)22(30)27(21(29)18-7-4-3-5-8-18)20(23(31)33-2)15-17-10-12-24(25,32)13-11-17/h3-5,7-8,10-12,19-20,32H,6,9,13-15,25H2,1-2H3/t19-,20-,24?/m0/s1. The summed E-state index contributed by atoms with van der Waals surface area (Å²) in [4.78, 5) is 54.5. The molecule has 9 heteroatoms. The molecule has 0 bridgehead atoms. The second-order valence-electron chi connectivity index (χ2n) is 8.30. The Morgan fingerprint density at radius 2 is 1.97 bits per heavy atom. The number of aliphatic hydroxyl groups is 1. The Morgan fingerprint density at radius 3 is 2.55 bits per heavy atom. The van der Waals surface area contributed by atoms with Crippen LogP contribution in [0.4, 0.5) is 0 Å². The van der Waals surface area contributed by atoms with Crippen LogP contribution in [0.25, 0.3) is 0 Å². The molecule has 0 radical (unpaired) electrons. The lowest BCUT2D eigenvalue weighted by Crippen LogP contribution is -2.55. The third kappa shape index (κ3) is 5.55. The summed E-state index contributed by atoms with van der Waals surface area (Å²) in [5.41, 5.74) is 5.05. The van der Waals surface area contributed by atoms with Crippen LogP contribution in [-0.4, -0.2) is 70.1 Å². The van der Waals surface area contributed by atoms with Crippen LogP contribution in [-0.2, 0) is 19.1 Å². The first kappa shape index (κ1) is 24.3. The van der Waals surface area contributed by atoms with E-state index >= 15 is 0 Å². The maximum atomic E-state index is 13.7. The zero-order valence-corrected chi connectivity index (χ0v) is 18.8. The van der Waals surface area contributed by atoms with Crippen molar-refractivity contribution >= 4 is 23.7 Å². The lowest BCUT2D eigenvalue weighted by Gasteiger charge is -2.33. The Hall–Kier alpha value is -3.30. The number of nitrogens with two attached hydrogens (primary N) is 1. The van der Waals surface area contributed by atoms with Gasteiger partial charge in [0.2, 0.25) is 5.91 Å². The van der Waals surface area contributed by atoms with Gasteiger partial charge in [0.1, 0.15) is 17.8 Å². The van der Waals surface area contributed by atoms with Crippen molar-refractivity contribution in [3.63, 3.8) is 0 Å². The van der Waals surface area contributed by atoms with E-state index in [0.717, 1.165) is 4.90 Å². The summed E-state index contributed by atoms with van der Waals surface area (Å²) in [6.45, 7) is 1.78. The molecule has 33 heavy (non-hydrogen) atoms. The third-order valence-corrected chi connectivity index (χ3v) is 5.91. The maximum Gasteiger partial charge on any atom is 0.329 e. The van der Waals surface area contributed by atoms with E-state index in [9.17, 15) is 24.3 Å². The molecule has 1 aliphatic carbocycles. The Balaban J connectivity index is 2.01. The highest BCUT2D eigenvalue weighted by molar-refractivity contribution is 6.09. The van der Waals surface area contributed by atoms with E-state index in [1.54, 1.807) is 42.5 Å². The minimum Gasteiger partial charge on any atom is -0.467 e. The summed E-state index contributed by atoms with van der Waals surface area (Å²) in [7, 11) is 1.19. The van der Waals surface area contributed by atoms with Gasteiger partial charge in [0.05, 0.1) is 7.11 Å². The van der Waals surface area contributed by atoms with Gasteiger partial charge >= 0.3 is 5.97 Å². The van der Waals surface area contributed by atoms with Gasteiger partial charge in [0.25, 0.3) is 11.8 Å². The number of likely N-dealkylation sites (tertiary alicyclic amines) is 1. The second kappa shape index (κ2) is 10.1. The fraction of sp³-hybridized carbons (Fsp3) is 0.417. The molecular formula is C24H29N3O6. The molecule has 1 aromatic carbocycles. The molecule has 3 rings (SSSR count). The smallest absolute Gasteiger partial charge is 0.329 e. The van der Waals surface area contributed by atoms with E-state index < -0.39 is 35.6 Å². The molecule has 3 amide bonds. The quantitative estimate of drug-likeness (QED) is 0.374. The van der Waals surface area contributed by atoms with E-state index in [1.807, 2.05) is 0 Å². The van der Waals surface area contributed by atoms with Crippen molar-refractivity contribution in [1.29, 1.82) is 0 Å². The molecule has 3 atom stereocenters. The first-order valence-electron chi connectivity index (χ1n) is 10.8. The largest absolute Gasteiger partial charge is 0.467 e. The number of carbonyl (C=O) groups excluding carboxylic acids is 4. The number of methoxy groups -OCH3 is 1. The number of hydrogen-bond donors (Lipinski definition) is 2. The van der Waals surface area contributed by atoms with Gasteiger partial charge in [-0.2, -0.15) is 0 Å². The highest BCUT2D eigenvalue weighted by Gasteiger charge is 2.43. The number of allylic oxidation sites excluding steroid dienone is 1. The van der Waals surface area contributed by atoms with Crippen LogP contribution >= 0.6 is 0 Å². The van der Waals surface area contributed by atoms with Gasteiger partial charge in [-0.05, 0) is 36.6 Å². The zero-order chi connectivity index (χ0) is 24.2. The van der Waals surface area contributed by atoms with E-state index in [4.69, 9.17) is 10.5 Å². The van der Waals surface area contributed by atoms with Gasteiger partial charge in [-0.3, -0.25) is 19.3 Å². The minimum atomic E-state index is -1.49. The molecule has 2 aliphatic rings. The Labute approximate surface area is 192 Å². The fourth-order valence-electron chi connectivity index (χ4n) is 4.15. The van der Waals surface area contributed by atoms with Crippen molar-refractivity contribution in [2.75, 3.05) is 13.7 Å². The topological polar surface area (TPSA) is 130 Å². The molecule has 0 aromatic heterocycles. The molecule has 1 fully saturated rings. The van der Waals surface area contributed by atoms with Gasteiger partial charge in [0, 0.05) is 31.9 Å². The Morgan fingerprint density at radius 1 is 1.27 bits per heavy atom. The molecular weight excluding hydrogens is 426 g/mol. The van der Waals surface area contributed by atoms with E-state index in [1.165, 1.54) is 25.0 Å². The number of rotatable bonds is 6. The molecule has 1 aromatic rings. The lowest BCUT2D eigenvalue weighted by atomic mass is 9.94. The highest BCUT2D eigenvalue weighted by atomic mass is 16.5. The average molecular weight is 456 g/mol. The van der Waals surface area contributed by atoms with Crippen molar-refractivity contribution in [3.8, 4) is 0 Å². The van der Waals surface area contributed by atoms with Gasteiger partial charge in [-0.1, -0.05) is 30.4 Å². The van der Waals surface area contributed by atoms with Crippen molar-refractivity contribution in [3.05, 3.63) is 59.7 Å². The number of esters is 1. The van der Waals surface area contributed by atoms with Gasteiger partial charge < -0.3 is 20.5 Å². The Bertz CT molecular complexity index is 985. The zero-order valence-electron chi connectivity index (χ0n) is 18.8. The van der Waals surface area contributed by atoms with Crippen LogP contribution in [0.3, 0.4) is 0 Å². The van der Waals surface area contributed by atoms with E-state index in [0.29, 0.717) is 25.0 Å². The monoisotopic (exact) mass is 455 g/mol. The van der Waals surface area contributed by atoms with Crippen molar-refractivity contribution < 1.29 is 29.0 Å². The number of benzene rings is 1. The van der Waals surface area contributed by atoms with Crippen LogP contribution in [0.5, 0.6) is 0 Å². The number of ether oxygens (including phenoxy) is 1. The average Bonchev–Trinajstić information content (AvgIpc) is 3.30. The molecule has 1 unspecified atom stereocenters. The lowest BCUT2D eigenvalue weighted by molar-refractivity contribution is -0.153. The number of carbonyl (C=O) groups is 4.